The number of rotatable bonds is 7. The summed E-state index contributed by atoms with van der Waals surface area (Å²) in [6.07, 6.45) is 7.79. The van der Waals surface area contributed by atoms with Gasteiger partial charge in [-0.05, 0) is 25.0 Å². The van der Waals surface area contributed by atoms with Crippen molar-refractivity contribution in [2.24, 2.45) is 0 Å². The predicted octanol–water partition coefficient (Wildman–Crippen LogP) is 3.72. The van der Waals surface area contributed by atoms with E-state index in [9.17, 15) is 0 Å². The summed E-state index contributed by atoms with van der Waals surface area (Å²) in [5.74, 6) is 0. The normalized spacial score (nSPS) is 11.8. The molecule has 1 aromatic rings. The van der Waals surface area contributed by atoms with Gasteiger partial charge in [-0.3, -0.25) is 0 Å². The number of hydrogen-bond donors (Lipinski definition) is 1. The van der Waals surface area contributed by atoms with E-state index in [4.69, 9.17) is 5.26 Å². The summed E-state index contributed by atoms with van der Waals surface area (Å²) in [5, 5.41) is 12.2. The Morgan fingerprint density at radius 2 is 2.12 bits per heavy atom. The van der Waals surface area contributed by atoms with Gasteiger partial charge in [-0.2, -0.15) is 5.26 Å². The molecule has 17 heavy (non-hydrogen) atoms. The maximum Gasteiger partial charge on any atom is 0.140 e. The summed E-state index contributed by atoms with van der Waals surface area (Å²) >= 11 is 0. The van der Waals surface area contributed by atoms with Crippen LogP contribution in [-0.2, 0) is 0 Å². The third-order valence-corrected chi connectivity index (χ3v) is 2.79. The molecule has 0 saturated carbocycles. The lowest BCUT2D eigenvalue weighted by Gasteiger charge is -2.18. The molecular weight excluding hydrogens is 210 g/mol. The molecule has 1 aromatic heterocycles. The van der Waals surface area contributed by atoms with Crippen molar-refractivity contribution in [1.82, 2.24) is 4.98 Å². The van der Waals surface area contributed by atoms with Gasteiger partial charge in [0.05, 0.1) is 11.9 Å². The van der Waals surface area contributed by atoms with Crippen LogP contribution < -0.4 is 5.32 Å². The molecule has 0 aromatic carbocycles. The van der Waals surface area contributed by atoms with Crippen LogP contribution in [0.1, 0.15) is 51.6 Å². The standard InChI is InChI=1S/C14H21N3/c1-3-5-7-12(6-4-2)17-14-9-8-13(10-15)16-11-14/h8-9,11-12,17H,3-7H2,1-2H3. The third-order valence-electron chi connectivity index (χ3n) is 2.79. The molecule has 0 amide bonds. The molecular formula is C14H21N3. The molecule has 1 rings (SSSR count). The van der Waals surface area contributed by atoms with Crippen molar-refractivity contribution in [3.05, 3.63) is 24.0 Å². The number of aromatic nitrogens is 1. The van der Waals surface area contributed by atoms with E-state index in [2.05, 4.69) is 24.1 Å². The third kappa shape index (κ3) is 4.86. The van der Waals surface area contributed by atoms with E-state index in [1.807, 2.05) is 12.1 Å². The van der Waals surface area contributed by atoms with E-state index in [1.54, 1.807) is 12.3 Å². The lowest BCUT2D eigenvalue weighted by atomic mass is 10.0. The van der Waals surface area contributed by atoms with Gasteiger partial charge in [0.2, 0.25) is 0 Å². The Morgan fingerprint density at radius 3 is 2.65 bits per heavy atom. The van der Waals surface area contributed by atoms with E-state index < -0.39 is 0 Å². The molecule has 0 bridgehead atoms. The van der Waals surface area contributed by atoms with Gasteiger partial charge >= 0.3 is 0 Å². The van der Waals surface area contributed by atoms with Crippen LogP contribution in [0.15, 0.2) is 18.3 Å². The highest BCUT2D eigenvalue weighted by atomic mass is 14.9. The smallest absolute Gasteiger partial charge is 0.140 e. The first-order valence-electron chi connectivity index (χ1n) is 6.42. The Labute approximate surface area is 104 Å². The average Bonchev–Trinajstić information content (AvgIpc) is 2.37. The van der Waals surface area contributed by atoms with Crippen LogP contribution in [0.2, 0.25) is 0 Å². The second-order valence-electron chi connectivity index (χ2n) is 4.32. The van der Waals surface area contributed by atoms with Crippen molar-refractivity contribution in [2.45, 2.75) is 52.0 Å². The summed E-state index contributed by atoms with van der Waals surface area (Å²) in [4.78, 5) is 4.07. The first-order chi connectivity index (χ1) is 8.30. The van der Waals surface area contributed by atoms with E-state index in [1.165, 1.54) is 32.1 Å². The van der Waals surface area contributed by atoms with Gasteiger partial charge in [-0.25, -0.2) is 4.98 Å². The first-order valence-corrected chi connectivity index (χ1v) is 6.42. The monoisotopic (exact) mass is 231 g/mol. The molecule has 0 aliphatic rings. The number of nitrogens with one attached hydrogen (secondary N) is 1. The zero-order chi connectivity index (χ0) is 12.5. The van der Waals surface area contributed by atoms with E-state index in [-0.39, 0.29) is 0 Å². The topological polar surface area (TPSA) is 48.7 Å². The minimum Gasteiger partial charge on any atom is -0.381 e. The Morgan fingerprint density at radius 1 is 1.29 bits per heavy atom. The van der Waals surface area contributed by atoms with Crippen molar-refractivity contribution >= 4 is 5.69 Å². The number of anilines is 1. The van der Waals surface area contributed by atoms with Crippen LogP contribution in [0.4, 0.5) is 5.69 Å². The highest BCUT2D eigenvalue weighted by molar-refractivity contribution is 5.43. The molecule has 92 valence electrons. The van der Waals surface area contributed by atoms with Gasteiger partial charge < -0.3 is 5.32 Å². The lowest BCUT2D eigenvalue weighted by molar-refractivity contribution is 0.564. The molecule has 0 radical (unpaired) electrons. The lowest BCUT2D eigenvalue weighted by Crippen LogP contribution is -2.19. The predicted molar refractivity (Wildman–Crippen MR) is 70.8 cm³/mol. The molecule has 1 unspecified atom stereocenters. The molecule has 0 fully saturated rings. The van der Waals surface area contributed by atoms with E-state index in [0.717, 1.165) is 5.69 Å². The fourth-order valence-corrected chi connectivity index (χ4v) is 1.87. The number of nitriles is 1. The van der Waals surface area contributed by atoms with Crippen molar-refractivity contribution < 1.29 is 0 Å². The number of unbranched alkanes of at least 4 members (excludes halogenated alkanes) is 1. The molecule has 0 spiro atoms. The highest BCUT2D eigenvalue weighted by Gasteiger charge is 2.07. The molecule has 3 heteroatoms. The zero-order valence-electron chi connectivity index (χ0n) is 10.7. The number of pyridine rings is 1. The highest BCUT2D eigenvalue weighted by Crippen LogP contribution is 2.14. The van der Waals surface area contributed by atoms with Crippen LogP contribution in [0.3, 0.4) is 0 Å². The maximum atomic E-state index is 8.68. The van der Waals surface area contributed by atoms with Gasteiger partial charge in [-0.15, -0.1) is 0 Å². The van der Waals surface area contributed by atoms with Crippen LogP contribution in [0.5, 0.6) is 0 Å². The number of nitrogens with zero attached hydrogens (tertiary/aromatic N) is 2. The summed E-state index contributed by atoms with van der Waals surface area (Å²) in [5.41, 5.74) is 1.48. The van der Waals surface area contributed by atoms with Crippen molar-refractivity contribution in [1.29, 1.82) is 5.26 Å². The Kier molecular flexibility index (Phi) is 6.09. The first kappa shape index (κ1) is 13.5. The number of hydrogen-bond acceptors (Lipinski definition) is 3. The van der Waals surface area contributed by atoms with Crippen molar-refractivity contribution in [3.63, 3.8) is 0 Å². The minimum absolute atomic E-state index is 0.469. The van der Waals surface area contributed by atoms with Gasteiger partial charge in [0, 0.05) is 6.04 Å². The van der Waals surface area contributed by atoms with Crippen molar-refractivity contribution in [3.8, 4) is 6.07 Å². The minimum atomic E-state index is 0.469. The molecule has 0 aliphatic carbocycles. The van der Waals surface area contributed by atoms with Crippen LogP contribution in [0, 0.1) is 11.3 Å². The quantitative estimate of drug-likeness (QED) is 0.778. The van der Waals surface area contributed by atoms with Crippen LogP contribution in [-0.4, -0.2) is 11.0 Å². The fourth-order valence-electron chi connectivity index (χ4n) is 1.87. The Balaban J connectivity index is 2.55. The summed E-state index contributed by atoms with van der Waals surface area (Å²) in [6, 6.07) is 6.24. The second kappa shape index (κ2) is 7.67. The molecule has 1 N–H and O–H groups in total. The van der Waals surface area contributed by atoms with E-state index >= 15 is 0 Å². The molecule has 1 atom stereocenters. The fraction of sp³-hybridized carbons (Fsp3) is 0.571. The molecule has 3 nitrogen and oxygen atoms in total. The maximum absolute atomic E-state index is 8.68. The summed E-state index contributed by atoms with van der Waals surface area (Å²) in [6.45, 7) is 4.42. The second-order valence-corrected chi connectivity index (χ2v) is 4.32. The molecule has 1 heterocycles. The summed E-state index contributed by atoms with van der Waals surface area (Å²) < 4.78 is 0. The van der Waals surface area contributed by atoms with E-state index in [0.29, 0.717) is 11.7 Å². The zero-order valence-corrected chi connectivity index (χ0v) is 10.7. The Hall–Kier alpha value is -1.56. The van der Waals surface area contributed by atoms with Crippen LogP contribution >= 0.6 is 0 Å². The van der Waals surface area contributed by atoms with Gasteiger partial charge in [0.25, 0.3) is 0 Å². The largest absolute Gasteiger partial charge is 0.381 e. The van der Waals surface area contributed by atoms with Gasteiger partial charge in [-0.1, -0.05) is 33.1 Å². The molecule has 0 saturated heterocycles. The van der Waals surface area contributed by atoms with Gasteiger partial charge in [0.15, 0.2) is 0 Å². The molecule has 0 aliphatic heterocycles. The van der Waals surface area contributed by atoms with Gasteiger partial charge in [0.1, 0.15) is 11.8 Å². The van der Waals surface area contributed by atoms with Crippen LogP contribution in [0.25, 0.3) is 0 Å². The SMILES string of the molecule is CCCCC(CCC)Nc1ccc(C#N)nc1. The van der Waals surface area contributed by atoms with Crippen molar-refractivity contribution in [2.75, 3.05) is 5.32 Å². The average molecular weight is 231 g/mol. The summed E-state index contributed by atoms with van der Waals surface area (Å²) in [7, 11) is 0. The Bertz CT molecular complexity index is 351.